The van der Waals surface area contributed by atoms with Crippen molar-refractivity contribution in [1.29, 1.82) is 0 Å². The van der Waals surface area contributed by atoms with Crippen molar-refractivity contribution in [2.45, 2.75) is 32.0 Å². The van der Waals surface area contributed by atoms with Crippen molar-refractivity contribution in [2.24, 2.45) is 0 Å². The van der Waals surface area contributed by atoms with Gasteiger partial charge in [-0.25, -0.2) is 4.79 Å². The van der Waals surface area contributed by atoms with Crippen molar-refractivity contribution in [2.75, 3.05) is 6.61 Å². The number of rotatable bonds is 2. The molecule has 2 heterocycles. The average molecular weight is 292 g/mol. The van der Waals surface area contributed by atoms with E-state index in [1.807, 2.05) is 0 Å². The number of phenolic OH excluding ortho intramolecular Hbond substituents is 1. The smallest absolute Gasteiger partial charge is 0.347 e. The SMILES string of the molecule is CC(C)(O)[C@@H]1COc2cc3cc(CO)oc(=O)c3c(O)c21. The summed E-state index contributed by atoms with van der Waals surface area (Å²) in [6.45, 7) is 3.06. The van der Waals surface area contributed by atoms with Crippen LogP contribution in [0.5, 0.6) is 11.5 Å². The normalized spacial score (nSPS) is 17.8. The first kappa shape index (κ1) is 13.9. The second kappa shape index (κ2) is 4.47. The Kier molecular flexibility index (Phi) is 2.96. The molecule has 0 aliphatic carbocycles. The van der Waals surface area contributed by atoms with E-state index >= 15 is 0 Å². The van der Waals surface area contributed by atoms with E-state index in [0.717, 1.165) is 0 Å². The first-order valence-corrected chi connectivity index (χ1v) is 6.61. The molecule has 21 heavy (non-hydrogen) atoms. The number of phenols is 1. The summed E-state index contributed by atoms with van der Waals surface area (Å²) in [5.74, 6) is -0.121. The molecule has 1 aliphatic rings. The molecule has 0 bridgehead atoms. The number of benzene rings is 1. The van der Waals surface area contributed by atoms with Crippen molar-refractivity contribution < 1.29 is 24.5 Å². The lowest BCUT2D eigenvalue weighted by molar-refractivity contribution is 0.0416. The van der Waals surface area contributed by atoms with Gasteiger partial charge in [0.15, 0.2) is 0 Å². The van der Waals surface area contributed by atoms with E-state index < -0.39 is 23.8 Å². The Morgan fingerprint density at radius 1 is 1.38 bits per heavy atom. The molecule has 3 N–H and O–H groups in total. The fourth-order valence-corrected chi connectivity index (χ4v) is 2.73. The van der Waals surface area contributed by atoms with Crippen LogP contribution in [-0.4, -0.2) is 27.5 Å². The van der Waals surface area contributed by atoms with Gasteiger partial charge in [-0.15, -0.1) is 0 Å². The summed E-state index contributed by atoms with van der Waals surface area (Å²) in [6, 6.07) is 3.10. The molecule has 112 valence electrons. The van der Waals surface area contributed by atoms with E-state index in [2.05, 4.69) is 0 Å². The number of aliphatic hydroxyl groups excluding tert-OH is 1. The Bertz CT molecular complexity index is 768. The number of aromatic hydroxyl groups is 1. The van der Waals surface area contributed by atoms with E-state index in [9.17, 15) is 15.0 Å². The summed E-state index contributed by atoms with van der Waals surface area (Å²) in [5.41, 5.74) is -1.40. The summed E-state index contributed by atoms with van der Waals surface area (Å²) >= 11 is 0. The summed E-state index contributed by atoms with van der Waals surface area (Å²) in [4.78, 5) is 12.0. The van der Waals surface area contributed by atoms with E-state index in [-0.39, 0.29) is 23.5 Å². The monoisotopic (exact) mass is 292 g/mol. The lowest BCUT2D eigenvalue weighted by Gasteiger charge is -2.24. The number of aliphatic hydroxyl groups is 2. The second-order valence-electron chi connectivity index (χ2n) is 5.78. The zero-order valence-corrected chi connectivity index (χ0v) is 11.7. The predicted molar refractivity (Wildman–Crippen MR) is 74.6 cm³/mol. The fraction of sp³-hybridized carbons (Fsp3) is 0.400. The maximum absolute atomic E-state index is 12.0. The van der Waals surface area contributed by atoms with Crippen molar-refractivity contribution in [3.8, 4) is 11.5 Å². The standard InChI is InChI=1S/C15H16O6/c1-15(2,19)9-6-20-10-4-7-3-8(5-16)21-14(18)11(7)13(17)12(9)10/h3-4,9,16-17,19H,5-6H2,1-2H3/t9-/m1/s1. The van der Waals surface area contributed by atoms with E-state index in [4.69, 9.17) is 14.3 Å². The molecule has 6 heteroatoms. The predicted octanol–water partition coefficient (Wildman–Crippen LogP) is 1.24. The molecule has 0 spiro atoms. The minimum atomic E-state index is -1.10. The Balaban J connectivity index is 2.33. The molecule has 0 radical (unpaired) electrons. The van der Waals surface area contributed by atoms with Crippen LogP contribution in [-0.2, 0) is 6.61 Å². The van der Waals surface area contributed by atoms with Crippen LogP contribution in [0.4, 0.5) is 0 Å². The molecule has 3 rings (SSSR count). The topological polar surface area (TPSA) is 100 Å². The molecule has 0 unspecified atom stereocenters. The Labute approximate surface area is 120 Å². The van der Waals surface area contributed by atoms with Crippen LogP contribution in [0.3, 0.4) is 0 Å². The van der Waals surface area contributed by atoms with Crippen LogP contribution in [0.25, 0.3) is 10.8 Å². The zero-order valence-electron chi connectivity index (χ0n) is 11.7. The highest BCUT2D eigenvalue weighted by molar-refractivity contribution is 5.91. The maximum Gasteiger partial charge on any atom is 0.347 e. The molecule has 2 aromatic rings. The van der Waals surface area contributed by atoms with Gasteiger partial charge in [-0.1, -0.05) is 0 Å². The highest BCUT2D eigenvalue weighted by Gasteiger charge is 2.39. The van der Waals surface area contributed by atoms with Gasteiger partial charge in [-0.05, 0) is 31.4 Å². The molecule has 0 saturated heterocycles. The molecule has 0 amide bonds. The number of ether oxygens (including phenoxy) is 1. The van der Waals surface area contributed by atoms with Crippen LogP contribution < -0.4 is 10.4 Å². The number of hydrogen-bond donors (Lipinski definition) is 3. The first-order chi connectivity index (χ1) is 9.82. The molecule has 6 nitrogen and oxygen atoms in total. The summed E-state index contributed by atoms with van der Waals surface area (Å²) in [6.07, 6.45) is 0. The Hall–Kier alpha value is -2.05. The molecule has 0 fully saturated rings. The average Bonchev–Trinajstić information content (AvgIpc) is 2.82. The molecular formula is C15H16O6. The third kappa shape index (κ3) is 2.07. The lowest BCUT2D eigenvalue weighted by atomic mass is 9.85. The minimum absolute atomic E-state index is 0.0331. The maximum atomic E-state index is 12.0. The number of hydrogen-bond acceptors (Lipinski definition) is 6. The van der Waals surface area contributed by atoms with Gasteiger partial charge in [-0.3, -0.25) is 0 Å². The number of fused-ring (bicyclic) bond motifs is 2. The van der Waals surface area contributed by atoms with Gasteiger partial charge in [0.05, 0.1) is 18.1 Å². The van der Waals surface area contributed by atoms with Crippen LogP contribution in [0, 0.1) is 0 Å². The quantitative estimate of drug-likeness (QED) is 0.770. The highest BCUT2D eigenvalue weighted by atomic mass is 16.5. The highest BCUT2D eigenvalue weighted by Crippen LogP contribution is 2.47. The lowest BCUT2D eigenvalue weighted by Crippen LogP contribution is -2.30. The van der Waals surface area contributed by atoms with Gasteiger partial charge in [0, 0.05) is 5.56 Å². The first-order valence-electron chi connectivity index (χ1n) is 6.61. The summed E-state index contributed by atoms with van der Waals surface area (Å²) in [7, 11) is 0. The summed E-state index contributed by atoms with van der Waals surface area (Å²) in [5, 5.41) is 30.2. The van der Waals surface area contributed by atoms with E-state index in [1.165, 1.54) is 6.07 Å². The van der Waals surface area contributed by atoms with Gasteiger partial charge < -0.3 is 24.5 Å². The molecule has 0 saturated carbocycles. The van der Waals surface area contributed by atoms with Gasteiger partial charge in [0.2, 0.25) is 0 Å². The second-order valence-corrected chi connectivity index (χ2v) is 5.78. The molecule has 1 aromatic carbocycles. The van der Waals surface area contributed by atoms with E-state index in [0.29, 0.717) is 16.7 Å². The van der Waals surface area contributed by atoms with E-state index in [1.54, 1.807) is 19.9 Å². The van der Waals surface area contributed by atoms with Crippen molar-refractivity contribution >= 4 is 10.8 Å². The van der Waals surface area contributed by atoms with Gasteiger partial charge in [0.1, 0.15) is 29.3 Å². The molecule has 1 atom stereocenters. The van der Waals surface area contributed by atoms with Crippen LogP contribution >= 0.6 is 0 Å². The van der Waals surface area contributed by atoms with Gasteiger partial charge in [-0.2, -0.15) is 0 Å². The molecule has 1 aliphatic heterocycles. The minimum Gasteiger partial charge on any atom is -0.507 e. The third-order valence-corrected chi connectivity index (χ3v) is 3.84. The van der Waals surface area contributed by atoms with Crippen molar-refractivity contribution in [3.05, 3.63) is 33.9 Å². The Morgan fingerprint density at radius 3 is 2.71 bits per heavy atom. The molecular weight excluding hydrogens is 276 g/mol. The summed E-state index contributed by atoms with van der Waals surface area (Å²) < 4.78 is 10.5. The molecule has 1 aromatic heterocycles. The van der Waals surface area contributed by atoms with Crippen LogP contribution in [0.2, 0.25) is 0 Å². The third-order valence-electron chi connectivity index (χ3n) is 3.84. The fourth-order valence-electron chi connectivity index (χ4n) is 2.73. The van der Waals surface area contributed by atoms with Crippen LogP contribution in [0.15, 0.2) is 21.3 Å². The Morgan fingerprint density at radius 2 is 2.10 bits per heavy atom. The van der Waals surface area contributed by atoms with Crippen LogP contribution in [0.1, 0.15) is 31.1 Å². The van der Waals surface area contributed by atoms with Crippen molar-refractivity contribution in [3.63, 3.8) is 0 Å². The largest absolute Gasteiger partial charge is 0.507 e. The van der Waals surface area contributed by atoms with Gasteiger partial charge >= 0.3 is 5.63 Å². The van der Waals surface area contributed by atoms with Gasteiger partial charge in [0.25, 0.3) is 0 Å². The zero-order chi connectivity index (χ0) is 15.4. The van der Waals surface area contributed by atoms with Crippen molar-refractivity contribution in [1.82, 2.24) is 0 Å².